The molecule has 6 heteroatoms. The second kappa shape index (κ2) is 15.2. The van der Waals surface area contributed by atoms with Crippen LogP contribution in [-0.4, -0.2) is 57.6 Å². The molecule has 0 bridgehead atoms. The van der Waals surface area contributed by atoms with Gasteiger partial charge < -0.3 is 19.7 Å². The minimum Gasteiger partial charge on any atom is -0.491 e. The molecule has 2 aromatic carbocycles. The summed E-state index contributed by atoms with van der Waals surface area (Å²) in [4.78, 5) is 0. The van der Waals surface area contributed by atoms with Crippen LogP contribution < -0.4 is 9.47 Å². The number of aliphatic hydroxyl groups excluding tert-OH is 2. The molecular weight excluding hydrogens is 488 g/mol. The third-order valence-electron chi connectivity index (χ3n) is 7.08. The van der Waals surface area contributed by atoms with Gasteiger partial charge in [0.1, 0.15) is 24.7 Å². The average molecular weight is 531 g/mol. The molecule has 2 atom stereocenters. The molecule has 0 spiro atoms. The summed E-state index contributed by atoms with van der Waals surface area (Å²) in [6, 6.07) is 16.0. The molecule has 2 aromatic rings. The summed E-state index contributed by atoms with van der Waals surface area (Å²) in [7, 11) is 0. The van der Waals surface area contributed by atoms with E-state index in [1.165, 1.54) is 64.2 Å². The number of ether oxygens (including phenoxy) is 2. The number of hydrogen-bond acceptors (Lipinski definition) is 6. The summed E-state index contributed by atoms with van der Waals surface area (Å²) in [6.07, 6.45) is 12.3. The highest BCUT2D eigenvalue weighted by molar-refractivity contribution is 8.00. The van der Waals surface area contributed by atoms with Crippen molar-refractivity contribution in [2.75, 3.05) is 24.7 Å². The third kappa shape index (κ3) is 9.51. The second-order valence-corrected chi connectivity index (χ2v) is 12.8. The third-order valence-corrected chi connectivity index (χ3v) is 10.1. The van der Waals surface area contributed by atoms with E-state index in [0.29, 0.717) is 23.7 Å². The van der Waals surface area contributed by atoms with E-state index in [4.69, 9.17) is 9.47 Å². The van der Waals surface area contributed by atoms with Crippen LogP contribution in [0.15, 0.2) is 48.5 Å². The van der Waals surface area contributed by atoms with E-state index in [-0.39, 0.29) is 0 Å². The Morgan fingerprint density at radius 3 is 1.31 bits per heavy atom. The van der Waals surface area contributed by atoms with Gasteiger partial charge in [0.25, 0.3) is 0 Å². The van der Waals surface area contributed by atoms with Gasteiger partial charge in [-0.25, -0.2) is 0 Å². The summed E-state index contributed by atoms with van der Waals surface area (Å²) in [5.41, 5.74) is 2.21. The number of benzene rings is 2. The maximum Gasteiger partial charge on any atom is 0.119 e. The molecular formula is C30H42O4S2. The predicted octanol–water partition coefficient (Wildman–Crippen LogP) is 6.96. The van der Waals surface area contributed by atoms with Crippen LogP contribution in [0.5, 0.6) is 11.5 Å². The van der Waals surface area contributed by atoms with Gasteiger partial charge in [0.15, 0.2) is 0 Å². The zero-order valence-corrected chi connectivity index (χ0v) is 23.0. The lowest BCUT2D eigenvalue weighted by Gasteiger charge is -2.22. The Bertz CT molecular complexity index is 788. The first-order chi connectivity index (χ1) is 17.7. The summed E-state index contributed by atoms with van der Waals surface area (Å²) < 4.78 is 11.6. The Kier molecular flexibility index (Phi) is 11.7. The Hall–Kier alpha value is -1.34. The van der Waals surface area contributed by atoms with Crippen molar-refractivity contribution < 1.29 is 19.7 Å². The van der Waals surface area contributed by atoms with Crippen molar-refractivity contribution in [1.82, 2.24) is 0 Å². The van der Waals surface area contributed by atoms with E-state index in [0.717, 1.165) is 34.1 Å². The van der Waals surface area contributed by atoms with Gasteiger partial charge in [-0.3, -0.25) is 0 Å². The zero-order chi connectivity index (χ0) is 25.0. The van der Waals surface area contributed by atoms with Gasteiger partial charge in [0.2, 0.25) is 0 Å². The summed E-state index contributed by atoms with van der Waals surface area (Å²) in [5.74, 6) is 3.04. The van der Waals surface area contributed by atoms with Gasteiger partial charge in [-0.1, -0.05) is 62.8 Å². The fraction of sp³-hybridized carbons (Fsp3) is 0.600. The molecule has 0 saturated heterocycles. The van der Waals surface area contributed by atoms with E-state index in [1.807, 2.05) is 72.1 Å². The first-order valence-electron chi connectivity index (χ1n) is 13.7. The van der Waals surface area contributed by atoms with Gasteiger partial charge in [0.05, 0.1) is 12.2 Å². The summed E-state index contributed by atoms with van der Waals surface area (Å²) >= 11 is 3.80. The minimum atomic E-state index is -0.437. The Labute approximate surface area is 225 Å². The van der Waals surface area contributed by atoms with Crippen LogP contribution >= 0.6 is 23.5 Å². The van der Waals surface area contributed by atoms with Crippen molar-refractivity contribution in [2.45, 2.75) is 86.9 Å². The standard InChI is InChI=1S/C30H42O4S2/c31-25(21-35-29-7-3-1-4-8-29)19-33-27-15-11-23(12-16-27)24-13-17-28(18-14-24)34-20-26(32)22-36-30-9-5-2-6-10-30/h11-18,25-26,29-32H,1-10,19-22H2. The van der Waals surface area contributed by atoms with Gasteiger partial charge in [-0.2, -0.15) is 23.5 Å². The van der Waals surface area contributed by atoms with E-state index in [1.54, 1.807) is 0 Å². The fourth-order valence-electron chi connectivity index (χ4n) is 4.93. The topological polar surface area (TPSA) is 58.9 Å². The molecule has 0 heterocycles. The normalized spacial score (nSPS) is 19.1. The van der Waals surface area contributed by atoms with Crippen molar-refractivity contribution in [2.24, 2.45) is 0 Å². The molecule has 36 heavy (non-hydrogen) atoms. The monoisotopic (exact) mass is 530 g/mol. The van der Waals surface area contributed by atoms with Gasteiger partial charge in [-0.15, -0.1) is 0 Å². The van der Waals surface area contributed by atoms with E-state index >= 15 is 0 Å². The zero-order valence-electron chi connectivity index (χ0n) is 21.4. The van der Waals surface area contributed by atoms with Crippen molar-refractivity contribution in [3.05, 3.63) is 48.5 Å². The fourth-order valence-corrected chi connectivity index (χ4v) is 7.44. The van der Waals surface area contributed by atoms with Gasteiger partial charge in [-0.05, 0) is 61.1 Å². The number of aliphatic hydroxyl groups is 2. The Morgan fingerprint density at radius 1 is 0.583 bits per heavy atom. The highest BCUT2D eigenvalue weighted by atomic mass is 32.2. The number of thioether (sulfide) groups is 2. The van der Waals surface area contributed by atoms with Crippen LogP contribution in [0.1, 0.15) is 64.2 Å². The number of hydrogen-bond donors (Lipinski definition) is 2. The lowest BCUT2D eigenvalue weighted by atomic mass is 10.0. The van der Waals surface area contributed by atoms with E-state index in [9.17, 15) is 10.2 Å². The highest BCUT2D eigenvalue weighted by Gasteiger charge is 2.17. The van der Waals surface area contributed by atoms with Crippen LogP contribution in [0, 0.1) is 0 Å². The summed E-state index contributed by atoms with van der Waals surface area (Å²) in [6.45, 7) is 0.659. The molecule has 2 aliphatic rings. The molecule has 2 unspecified atom stereocenters. The first-order valence-corrected chi connectivity index (χ1v) is 15.8. The van der Waals surface area contributed by atoms with Crippen molar-refractivity contribution in [3.63, 3.8) is 0 Å². The second-order valence-electron chi connectivity index (χ2n) is 10.2. The van der Waals surface area contributed by atoms with Crippen LogP contribution in [0.2, 0.25) is 0 Å². The lowest BCUT2D eigenvalue weighted by Crippen LogP contribution is -2.22. The largest absolute Gasteiger partial charge is 0.491 e. The smallest absolute Gasteiger partial charge is 0.119 e. The lowest BCUT2D eigenvalue weighted by molar-refractivity contribution is 0.126. The molecule has 0 amide bonds. The van der Waals surface area contributed by atoms with Gasteiger partial charge in [0, 0.05) is 22.0 Å². The van der Waals surface area contributed by atoms with Crippen molar-refractivity contribution >= 4 is 23.5 Å². The van der Waals surface area contributed by atoms with Crippen LogP contribution in [0.25, 0.3) is 11.1 Å². The molecule has 2 N–H and O–H groups in total. The van der Waals surface area contributed by atoms with Crippen LogP contribution in [0.3, 0.4) is 0 Å². The van der Waals surface area contributed by atoms with Crippen LogP contribution in [0.4, 0.5) is 0 Å². The summed E-state index contributed by atoms with van der Waals surface area (Å²) in [5, 5.41) is 22.0. The maximum atomic E-state index is 10.3. The maximum absolute atomic E-state index is 10.3. The molecule has 2 saturated carbocycles. The number of rotatable bonds is 13. The van der Waals surface area contributed by atoms with Crippen molar-refractivity contribution in [1.29, 1.82) is 0 Å². The Balaban J connectivity index is 1.15. The van der Waals surface area contributed by atoms with Crippen LogP contribution in [-0.2, 0) is 0 Å². The van der Waals surface area contributed by atoms with Crippen molar-refractivity contribution in [3.8, 4) is 22.6 Å². The molecule has 2 fully saturated rings. The Morgan fingerprint density at radius 2 is 0.944 bits per heavy atom. The molecule has 0 aromatic heterocycles. The molecule has 4 rings (SSSR count). The molecule has 0 radical (unpaired) electrons. The molecule has 198 valence electrons. The molecule has 2 aliphatic carbocycles. The minimum absolute atomic E-state index is 0.329. The molecule has 0 aliphatic heterocycles. The average Bonchev–Trinajstić information content (AvgIpc) is 2.94. The highest BCUT2D eigenvalue weighted by Crippen LogP contribution is 2.30. The van der Waals surface area contributed by atoms with Gasteiger partial charge >= 0.3 is 0 Å². The first kappa shape index (κ1) is 27.7. The van der Waals surface area contributed by atoms with E-state index < -0.39 is 12.2 Å². The molecule has 4 nitrogen and oxygen atoms in total. The predicted molar refractivity (Wildman–Crippen MR) is 154 cm³/mol. The van der Waals surface area contributed by atoms with E-state index in [2.05, 4.69) is 0 Å². The SMILES string of the molecule is OC(COc1ccc(-c2ccc(OCC(O)CSC3CCCCC3)cc2)cc1)CSC1CCCCC1. The quantitative estimate of drug-likeness (QED) is 0.292.